The molecule has 8 nitrogen and oxygen atoms in total. The molecule has 8 heteroatoms. The van der Waals surface area contributed by atoms with Crippen molar-refractivity contribution in [2.45, 2.75) is 44.2 Å². The fourth-order valence-corrected chi connectivity index (χ4v) is 3.67. The lowest BCUT2D eigenvalue weighted by atomic mass is 10.3. The second-order valence-electron chi connectivity index (χ2n) is 7.52. The highest BCUT2D eigenvalue weighted by atomic mass is 16.4. The van der Waals surface area contributed by atoms with E-state index in [0.29, 0.717) is 51.1 Å². The van der Waals surface area contributed by atoms with Gasteiger partial charge in [0, 0.05) is 32.1 Å². The summed E-state index contributed by atoms with van der Waals surface area (Å²) in [7, 11) is 0. The highest BCUT2D eigenvalue weighted by molar-refractivity contribution is 5.78. The van der Waals surface area contributed by atoms with Gasteiger partial charge in [0.25, 0.3) is 0 Å². The average Bonchev–Trinajstić information content (AvgIpc) is 3.18. The van der Waals surface area contributed by atoms with Crippen molar-refractivity contribution in [3.63, 3.8) is 0 Å². The van der Waals surface area contributed by atoms with E-state index in [1.807, 2.05) is 0 Å². The molecule has 138 valence electrons. The molecular formula is C17H27N5O3. The van der Waals surface area contributed by atoms with Crippen LogP contribution in [0.2, 0.25) is 0 Å². The Morgan fingerprint density at radius 1 is 1.08 bits per heavy atom. The third-order valence-corrected chi connectivity index (χ3v) is 5.26. The lowest BCUT2D eigenvalue weighted by Gasteiger charge is -2.24. The van der Waals surface area contributed by atoms with Gasteiger partial charge in [-0.15, -0.1) is 10.2 Å². The molecule has 3 heterocycles. The molecule has 4 rings (SSSR count). The van der Waals surface area contributed by atoms with Gasteiger partial charge in [-0.3, -0.25) is 14.6 Å². The molecule has 0 unspecified atom stereocenters. The van der Waals surface area contributed by atoms with Crippen LogP contribution in [-0.4, -0.2) is 87.8 Å². The van der Waals surface area contributed by atoms with Gasteiger partial charge < -0.3 is 14.4 Å². The van der Waals surface area contributed by atoms with Crippen molar-refractivity contribution in [3.8, 4) is 0 Å². The minimum atomic E-state index is -0.546. The summed E-state index contributed by atoms with van der Waals surface area (Å²) in [5.41, 5.74) is 0. The Kier molecular flexibility index (Phi) is 5.00. The number of rotatable bonds is 5. The number of hydrogen-bond acceptors (Lipinski definition) is 7. The van der Waals surface area contributed by atoms with Crippen molar-refractivity contribution in [2.24, 2.45) is 0 Å². The SMILES string of the molecule is O=C(CN1CCCC1)N1CCN(Cc2nnc(C3CC3)o2)C[C@@H](O)C1. The van der Waals surface area contributed by atoms with E-state index >= 15 is 0 Å². The molecule has 1 aromatic heterocycles. The summed E-state index contributed by atoms with van der Waals surface area (Å²) in [6.07, 6.45) is 4.08. The Morgan fingerprint density at radius 3 is 2.64 bits per heavy atom. The first-order chi connectivity index (χ1) is 12.2. The summed E-state index contributed by atoms with van der Waals surface area (Å²) in [4.78, 5) is 18.6. The van der Waals surface area contributed by atoms with Gasteiger partial charge in [0.15, 0.2) is 0 Å². The largest absolute Gasteiger partial charge is 0.424 e. The van der Waals surface area contributed by atoms with Crippen LogP contribution >= 0.6 is 0 Å². The van der Waals surface area contributed by atoms with Crippen LogP contribution in [0.25, 0.3) is 0 Å². The van der Waals surface area contributed by atoms with Crippen LogP contribution in [0.3, 0.4) is 0 Å². The number of amides is 1. The average molecular weight is 349 g/mol. The predicted octanol–water partition coefficient (Wildman–Crippen LogP) is 0.0479. The third kappa shape index (κ3) is 4.37. The summed E-state index contributed by atoms with van der Waals surface area (Å²) < 4.78 is 5.72. The monoisotopic (exact) mass is 349 g/mol. The quantitative estimate of drug-likeness (QED) is 0.804. The van der Waals surface area contributed by atoms with Gasteiger partial charge in [-0.1, -0.05) is 0 Å². The zero-order valence-corrected chi connectivity index (χ0v) is 14.6. The van der Waals surface area contributed by atoms with Gasteiger partial charge in [-0.2, -0.15) is 0 Å². The second-order valence-corrected chi connectivity index (χ2v) is 7.52. The van der Waals surface area contributed by atoms with Crippen molar-refractivity contribution >= 4 is 5.91 Å². The Balaban J connectivity index is 1.30. The number of nitrogens with zero attached hydrogens (tertiary/aromatic N) is 5. The Bertz CT molecular complexity index is 597. The van der Waals surface area contributed by atoms with Gasteiger partial charge >= 0.3 is 0 Å². The molecule has 1 saturated carbocycles. The maximum atomic E-state index is 12.5. The number of aliphatic hydroxyl groups excluding tert-OH is 1. The zero-order chi connectivity index (χ0) is 17.2. The Morgan fingerprint density at radius 2 is 1.88 bits per heavy atom. The van der Waals surface area contributed by atoms with Crippen molar-refractivity contribution in [1.82, 2.24) is 24.9 Å². The molecule has 3 aliphatic rings. The molecule has 0 spiro atoms. The molecule has 25 heavy (non-hydrogen) atoms. The molecule has 1 aliphatic carbocycles. The number of β-amino-alcohol motifs (C(OH)–C–C–N with tert-alkyl or cyclic N) is 1. The highest BCUT2D eigenvalue weighted by Gasteiger charge is 2.30. The summed E-state index contributed by atoms with van der Waals surface area (Å²) in [5.74, 6) is 1.92. The zero-order valence-electron chi connectivity index (χ0n) is 14.6. The molecule has 0 bridgehead atoms. The van der Waals surface area contributed by atoms with Crippen LogP contribution in [0.15, 0.2) is 4.42 Å². The van der Waals surface area contributed by atoms with Crippen LogP contribution < -0.4 is 0 Å². The first-order valence-corrected chi connectivity index (χ1v) is 9.40. The van der Waals surface area contributed by atoms with E-state index < -0.39 is 6.10 Å². The van der Waals surface area contributed by atoms with Crippen molar-refractivity contribution in [2.75, 3.05) is 45.8 Å². The molecule has 3 fully saturated rings. The van der Waals surface area contributed by atoms with Crippen molar-refractivity contribution in [1.29, 1.82) is 0 Å². The van der Waals surface area contributed by atoms with Crippen LogP contribution in [0.4, 0.5) is 0 Å². The molecule has 1 amide bonds. The predicted molar refractivity (Wildman–Crippen MR) is 89.8 cm³/mol. The van der Waals surface area contributed by atoms with Crippen LogP contribution in [0.5, 0.6) is 0 Å². The van der Waals surface area contributed by atoms with E-state index in [1.165, 1.54) is 12.8 Å². The normalized spacial score (nSPS) is 26.1. The second kappa shape index (κ2) is 7.39. The van der Waals surface area contributed by atoms with Crippen molar-refractivity contribution < 1.29 is 14.3 Å². The fourth-order valence-electron chi connectivity index (χ4n) is 3.67. The molecular weight excluding hydrogens is 322 g/mol. The first kappa shape index (κ1) is 16.9. The van der Waals surface area contributed by atoms with Crippen LogP contribution in [0, 0.1) is 0 Å². The number of aliphatic hydroxyl groups is 1. The third-order valence-electron chi connectivity index (χ3n) is 5.26. The van der Waals surface area contributed by atoms with E-state index in [2.05, 4.69) is 20.0 Å². The number of carbonyl (C=O) groups is 1. The minimum absolute atomic E-state index is 0.122. The van der Waals surface area contributed by atoms with E-state index in [4.69, 9.17) is 4.42 Å². The summed E-state index contributed by atoms with van der Waals surface area (Å²) in [5, 5.41) is 18.5. The topological polar surface area (TPSA) is 85.9 Å². The Labute approximate surface area is 147 Å². The van der Waals surface area contributed by atoms with Crippen LogP contribution in [-0.2, 0) is 11.3 Å². The molecule has 2 aliphatic heterocycles. The van der Waals surface area contributed by atoms with Gasteiger partial charge in [-0.25, -0.2) is 0 Å². The smallest absolute Gasteiger partial charge is 0.236 e. The lowest BCUT2D eigenvalue weighted by Crippen LogP contribution is -2.43. The van der Waals surface area contributed by atoms with E-state index in [9.17, 15) is 9.90 Å². The Hall–Kier alpha value is -1.51. The summed E-state index contributed by atoms with van der Waals surface area (Å²) in [6.45, 7) is 5.29. The van der Waals surface area contributed by atoms with Gasteiger partial charge in [0.05, 0.1) is 19.2 Å². The number of aromatic nitrogens is 2. The van der Waals surface area contributed by atoms with E-state index in [1.54, 1.807) is 4.90 Å². The number of hydrogen-bond donors (Lipinski definition) is 1. The molecule has 0 radical (unpaired) electrons. The van der Waals surface area contributed by atoms with Gasteiger partial charge in [0.1, 0.15) is 0 Å². The van der Waals surface area contributed by atoms with E-state index in [-0.39, 0.29) is 5.91 Å². The standard InChI is InChI=1S/C17H27N5O3/c23-14-9-21(11-15-18-19-17(25-15)13-3-4-13)7-8-22(10-14)16(24)12-20-5-1-2-6-20/h13-14,23H,1-12H2/t14-/m1/s1. The minimum Gasteiger partial charge on any atom is -0.424 e. The van der Waals surface area contributed by atoms with Crippen LogP contribution in [0.1, 0.15) is 43.4 Å². The first-order valence-electron chi connectivity index (χ1n) is 9.40. The fraction of sp³-hybridized carbons (Fsp3) is 0.824. The van der Waals surface area contributed by atoms with E-state index in [0.717, 1.165) is 31.8 Å². The lowest BCUT2D eigenvalue weighted by molar-refractivity contribution is -0.133. The van der Waals surface area contributed by atoms with Gasteiger partial charge in [0.2, 0.25) is 17.7 Å². The number of likely N-dealkylation sites (tertiary alicyclic amines) is 1. The van der Waals surface area contributed by atoms with Crippen molar-refractivity contribution in [3.05, 3.63) is 11.8 Å². The molecule has 1 N–H and O–H groups in total. The molecule has 1 aromatic rings. The molecule has 1 atom stereocenters. The van der Waals surface area contributed by atoms with Gasteiger partial charge in [-0.05, 0) is 38.8 Å². The summed E-state index contributed by atoms with van der Waals surface area (Å²) in [6, 6.07) is 0. The summed E-state index contributed by atoms with van der Waals surface area (Å²) >= 11 is 0. The number of carbonyl (C=O) groups excluding carboxylic acids is 1. The molecule has 2 saturated heterocycles. The maximum Gasteiger partial charge on any atom is 0.236 e. The maximum absolute atomic E-state index is 12.5. The molecule has 0 aromatic carbocycles. The highest BCUT2D eigenvalue weighted by Crippen LogP contribution is 2.39.